The highest BCUT2D eigenvalue weighted by Gasteiger charge is 2.22. The standard InChI is InChI=1S/C17H15N3O3S2/c1-20(2)19-15(21)11-5-3-4-10(8-11)13-7-6-12(23-13)9-14-16(22)18-17(24)25-14/h3-9H,1-2H3,(H,19,21)(H,18,22,24)/b14-9+. The van der Waals surface area contributed by atoms with Crippen molar-refractivity contribution in [3.63, 3.8) is 0 Å². The number of hydrazine groups is 1. The minimum Gasteiger partial charge on any atom is -0.457 e. The average Bonchev–Trinajstić information content (AvgIpc) is 3.14. The molecule has 0 aliphatic carbocycles. The monoisotopic (exact) mass is 373 g/mol. The highest BCUT2D eigenvalue weighted by Crippen LogP contribution is 2.29. The van der Waals surface area contributed by atoms with Gasteiger partial charge < -0.3 is 9.73 Å². The lowest BCUT2D eigenvalue weighted by Gasteiger charge is -2.12. The first-order valence-corrected chi connectivity index (χ1v) is 8.58. The molecular weight excluding hydrogens is 358 g/mol. The maximum atomic E-state index is 12.1. The van der Waals surface area contributed by atoms with E-state index >= 15 is 0 Å². The van der Waals surface area contributed by atoms with Gasteiger partial charge in [0.25, 0.3) is 11.8 Å². The molecule has 6 nitrogen and oxygen atoms in total. The zero-order chi connectivity index (χ0) is 18.0. The Kier molecular flexibility index (Phi) is 5.03. The molecule has 2 N–H and O–H groups in total. The number of carbonyl (C=O) groups is 2. The molecule has 1 saturated heterocycles. The number of thiocarbonyl (C=S) groups is 1. The summed E-state index contributed by atoms with van der Waals surface area (Å²) in [5.41, 5.74) is 3.99. The summed E-state index contributed by atoms with van der Waals surface area (Å²) in [5, 5.41) is 4.14. The molecule has 1 aromatic heterocycles. The van der Waals surface area contributed by atoms with Crippen LogP contribution in [0.25, 0.3) is 17.4 Å². The van der Waals surface area contributed by atoms with Crippen LogP contribution in [0.3, 0.4) is 0 Å². The predicted octanol–water partition coefficient (Wildman–Crippen LogP) is 2.64. The Morgan fingerprint density at radius 3 is 2.80 bits per heavy atom. The quantitative estimate of drug-likeness (QED) is 0.488. The molecule has 128 valence electrons. The molecule has 1 aromatic carbocycles. The number of benzene rings is 1. The normalized spacial score (nSPS) is 15.7. The van der Waals surface area contributed by atoms with E-state index in [0.29, 0.717) is 26.3 Å². The van der Waals surface area contributed by atoms with Crippen LogP contribution in [0.15, 0.2) is 45.7 Å². The van der Waals surface area contributed by atoms with Crippen LogP contribution in [0.2, 0.25) is 0 Å². The highest BCUT2D eigenvalue weighted by molar-refractivity contribution is 8.26. The number of thioether (sulfide) groups is 1. The van der Waals surface area contributed by atoms with Crippen molar-refractivity contribution in [2.24, 2.45) is 0 Å². The maximum Gasteiger partial charge on any atom is 0.265 e. The van der Waals surface area contributed by atoms with Gasteiger partial charge in [-0.3, -0.25) is 15.0 Å². The molecule has 0 saturated carbocycles. The molecule has 8 heteroatoms. The summed E-state index contributed by atoms with van der Waals surface area (Å²) in [6.45, 7) is 0. The van der Waals surface area contributed by atoms with E-state index in [1.54, 1.807) is 55.5 Å². The number of hydrogen-bond donors (Lipinski definition) is 2. The second-order valence-electron chi connectivity index (χ2n) is 5.47. The number of furan rings is 1. The van der Waals surface area contributed by atoms with Gasteiger partial charge in [-0.1, -0.05) is 36.1 Å². The van der Waals surface area contributed by atoms with Crippen molar-refractivity contribution in [2.45, 2.75) is 0 Å². The minimum atomic E-state index is -0.227. The molecule has 1 aliphatic rings. The molecule has 2 heterocycles. The molecule has 1 aliphatic heterocycles. The number of hydrogen-bond acceptors (Lipinski definition) is 6. The van der Waals surface area contributed by atoms with Crippen LogP contribution in [0, 0.1) is 0 Å². The van der Waals surface area contributed by atoms with Crippen molar-refractivity contribution in [3.8, 4) is 11.3 Å². The third kappa shape index (κ3) is 4.16. The zero-order valence-corrected chi connectivity index (χ0v) is 15.2. The van der Waals surface area contributed by atoms with Crippen molar-refractivity contribution in [2.75, 3.05) is 14.1 Å². The van der Waals surface area contributed by atoms with Gasteiger partial charge in [0, 0.05) is 31.3 Å². The van der Waals surface area contributed by atoms with Crippen LogP contribution in [0.5, 0.6) is 0 Å². The lowest BCUT2D eigenvalue weighted by atomic mass is 10.1. The summed E-state index contributed by atoms with van der Waals surface area (Å²) >= 11 is 6.16. The average molecular weight is 373 g/mol. The molecule has 0 radical (unpaired) electrons. The first kappa shape index (κ1) is 17.4. The third-order valence-electron chi connectivity index (χ3n) is 3.28. The first-order valence-electron chi connectivity index (χ1n) is 7.36. The number of amides is 2. The molecule has 0 spiro atoms. The molecule has 25 heavy (non-hydrogen) atoms. The Balaban J connectivity index is 1.83. The number of nitrogens with zero attached hydrogens (tertiary/aromatic N) is 1. The van der Waals surface area contributed by atoms with Gasteiger partial charge in [0.05, 0.1) is 4.91 Å². The predicted molar refractivity (Wildman–Crippen MR) is 102 cm³/mol. The highest BCUT2D eigenvalue weighted by atomic mass is 32.2. The van der Waals surface area contributed by atoms with E-state index in [-0.39, 0.29) is 11.8 Å². The van der Waals surface area contributed by atoms with E-state index in [1.165, 1.54) is 11.8 Å². The van der Waals surface area contributed by atoms with E-state index < -0.39 is 0 Å². The van der Waals surface area contributed by atoms with Crippen LogP contribution in [-0.4, -0.2) is 35.2 Å². The molecule has 1 fully saturated rings. The van der Waals surface area contributed by atoms with Gasteiger partial charge in [-0.2, -0.15) is 0 Å². The van der Waals surface area contributed by atoms with E-state index in [4.69, 9.17) is 16.6 Å². The molecular formula is C17H15N3O3S2. The fraction of sp³-hybridized carbons (Fsp3) is 0.118. The molecule has 0 unspecified atom stereocenters. The second-order valence-corrected chi connectivity index (χ2v) is 7.19. The van der Waals surface area contributed by atoms with Crippen molar-refractivity contribution < 1.29 is 14.0 Å². The Bertz CT molecular complexity index is 887. The van der Waals surface area contributed by atoms with Gasteiger partial charge in [-0.15, -0.1) is 0 Å². The summed E-state index contributed by atoms with van der Waals surface area (Å²) in [5.74, 6) is 0.724. The van der Waals surface area contributed by atoms with E-state index in [1.807, 2.05) is 6.07 Å². The SMILES string of the molecule is CN(C)NC(=O)c1cccc(-c2ccc(/C=C3/SC(=S)NC3=O)o2)c1. The zero-order valence-electron chi connectivity index (χ0n) is 13.5. The topological polar surface area (TPSA) is 74.6 Å². The minimum absolute atomic E-state index is 0.201. The second kappa shape index (κ2) is 7.22. The summed E-state index contributed by atoms with van der Waals surface area (Å²) in [4.78, 5) is 24.3. The van der Waals surface area contributed by atoms with E-state index in [9.17, 15) is 9.59 Å². The third-order valence-corrected chi connectivity index (χ3v) is 4.44. The van der Waals surface area contributed by atoms with Crippen LogP contribution < -0.4 is 10.7 Å². The maximum absolute atomic E-state index is 12.1. The van der Waals surface area contributed by atoms with Gasteiger partial charge in [0.2, 0.25) is 0 Å². The molecule has 0 atom stereocenters. The van der Waals surface area contributed by atoms with Gasteiger partial charge in [-0.25, -0.2) is 5.01 Å². The Morgan fingerprint density at radius 1 is 1.32 bits per heavy atom. The molecule has 3 rings (SSSR count). The van der Waals surface area contributed by atoms with Gasteiger partial charge >= 0.3 is 0 Å². The largest absolute Gasteiger partial charge is 0.457 e. The van der Waals surface area contributed by atoms with Crippen LogP contribution in [-0.2, 0) is 4.79 Å². The van der Waals surface area contributed by atoms with Crippen molar-refractivity contribution in [1.82, 2.24) is 15.8 Å². The van der Waals surface area contributed by atoms with E-state index in [2.05, 4.69) is 10.7 Å². The van der Waals surface area contributed by atoms with Crippen molar-refractivity contribution >= 4 is 46.2 Å². The fourth-order valence-electron chi connectivity index (χ4n) is 2.22. The molecule has 2 amide bonds. The van der Waals surface area contributed by atoms with Crippen LogP contribution >= 0.6 is 24.0 Å². The summed E-state index contributed by atoms with van der Waals surface area (Å²) in [7, 11) is 3.49. The van der Waals surface area contributed by atoms with Crippen LogP contribution in [0.1, 0.15) is 16.1 Å². The summed E-state index contributed by atoms with van der Waals surface area (Å²) in [6.07, 6.45) is 1.64. The molecule has 0 bridgehead atoms. The van der Waals surface area contributed by atoms with Crippen molar-refractivity contribution in [3.05, 3.63) is 52.6 Å². The molecule has 2 aromatic rings. The summed E-state index contributed by atoms with van der Waals surface area (Å²) < 4.78 is 6.21. The van der Waals surface area contributed by atoms with Gasteiger partial charge in [0.15, 0.2) is 0 Å². The van der Waals surface area contributed by atoms with Gasteiger partial charge in [-0.05, 0) is 24.3 Å². The number of rotatable bonds is 4. The fourth-order valence-corrected chi connectivity index (χ4v) is 3.24. The number of nitrogens with one attached hydrogen (secondary N) is 2. The smallest absolute Gasteiger partial charge is 0.265 e. The van der Waals surface area contributed by atoms with Gasteiger partial charge in [0.1, 0.15) is 15.8 Å². The van der Waals surface area contributed by atoms with Crippen molar-refractivity contribution in [1.29, 1.82) is 0 Å². The van der Waals surface area contributed by atoms with Crippen LogP contribution in [0.4, 0.5) is 0 Å². The Labute approximate surface area is 154 Å². The Hall–Kier alpha value is -2.42. The first-order chi connectivity index (χ1) is 11.9. The van der Waals surface area contributed by atoms with E-state index in [0.717, 1.165) is 5.56 Å². The Morgan fingerprint density at radius 2 is 2.12 bits per heavy atom. The lowest BCUT2D eigenvalue weighted by molar-refractivity contribution is -0.115. The number of carbonyl (C=O) groups excluding carboxylic acids is 2. The lowest BCUT2D eigenvalue weighted by Crippen LogP contribution is -2.36. The summed E-state index contributed by atoms with van der Waals surface area (Å²) in [6, 6.07) is 10.7.